The number of ether oxygens (including phenoxy) is 3. The zero-order valence-corrected chi connectivity index (χ0v) is 16.8. The number of carbonyl (C=O) groups is 4. The molecule has 0 spiro atoms. The molecule has 1 aromatic rings. The molecule has 158 valence electrons. The highest BCUT2D eigenvalue weighted by Crippen LogP contribution is 2.35. The molecule has 1 aliphatic rings. The van der Waals surface area contributed by atoms with Gasteiger partial charge in [-0.3, -0.25) is 19.7 Å². The number of hydrogen-bond acceptors (Lipinski definition) is 7. The third kappa shape index (κ3) is 5.84. The lowest BCUT2D eigenvalue weighted by molar-refractivity contribution is -0.152. The average molecular weight is 407 g/mol. The van der Waals surface area contributed by atoms with Crippen LogP contribution in [0, 0.1) is 5.92 Å². The lowest BCUT2D eigenvalue weighted by Crippen LogP contribution is -2.44. The van der Waals surface area contributed by atoms with E-state index in [2.05, 4.69) is 10.6 Å². The second-order valence-corrected chi connectivity index (χ2v) is 6.73. The Morgan fingerprint density at radius 2 is 1.93 bits per heavy atom. The molecule has 1 atom stereocenters. The molecule has 29 heavy (non-hydrogen) atoms. The van der Waals surface area contributed by atoms with Crippen molar-refractivity contribution >= 4 is 29.5 Å². The molecule has 2 N–H and O–H groups in total. The summed E-state index contributed by atoms with van der Waals surface area (Å²) in [5, 5.41) is 4.54. The Morgan fingerprint density at radius 1 is 1.21 bits per heavy atom. The van der Waals surface area contributed by atoms with Crippen LogP contribution in [0.15, 0.2) is 18.2 Å². The number of urea groups is 1. The molecule has 0 bridgehead atoms. The molecule has 1 heterocycles. The van der Waals surface area contributed by atoms with Crippen LogP contribution in [0.25, 0.3) is 0 Å². The second kappa shape index (κ2) is 9.76. The van der Waals surface area contributed by atoms with Crippen LogP contribution in [-0.4, -0.2) is 57.2 Å². The molecule has 0 radical (unpaired) electrons. The van der Waals surface area contributed by atoms with Crippen molar-refractivity contribution in [3.63, 3.8) is 0 Å². The number of benzene rings is 1. The van der Waals surface area contributed by atoms with Crippen molar-refractivity contribution in [3.05, 3.63) is 18.2 Å². The Bertz CT molecular complexity index is 794. The van der Waals surface area contributed by atoms with Gasteiger partial charge in [-0.05, 0) is 26.0 Å². The van der Waals surface area contributed by atoms with E-state index in [0.29, 0.717) is 17.2 Å². The Labute approximate surface area is 168 Å². The van der Waals surface area contributed by atoms with Crippen LogP contribution in [-0.2, 0) is 19.1 Å². The van der Waals surface area contributed by atoms with Crippen LogP contribution in [0.4, 0.5) is 10.5 Å². The fraction of sp³-hybridized carbons (Fsp3) is 0.474. The summed E-state index contributed by atoms with van der Waals surface area (Å²) in [6, 6.07) is 4.18. The van der Waals surface area contributed by atoms with Crippen LogP contribution >= 0.6 is 0 Å². The lowest BCUT2D eigenvalue weighted by atomic mass is 10.1. The molecule has 0 aliphatic carbocycles. The quantitative estimate of drug-likeness (QED) is 0.642. The monoisotopic (exact) mass is 407 g/mol. The fourth-order valence-corrected chi connectivity index (χ4v) is 2.82. The van der Waals surface area contributed by atoms with Gasteiger partial charge in [-0.1, -0.05) is 0 Å². The highest BCUT2D eigenvalue weighted by molar-refractivity contribution is 6.01. The Balaban J connectivity index is 1.94. The summed E-state index contributed by atoms with van der Waals surface area (Å²) < 4.78 is 15.4. The van der Waals surface area contributed by atoms with Gasteiger partial charge in [0.25, 0.3) is 5.91 Å². The maximum Gasteiger partial charge on any atom is 0.321 e. The van der Waals surface area contributed by atoms with Crippen LogP contribution < -0.4 is 25.0 Å². The number of carbonyl (C=O) groups excluding carboxylic acids is 4. The molecule has 1 saturated heterocycles. The summed E-state index contributed by atoms with van der Waals surface area (Å²) in [5.41, 5.74) is 0.511. The van der Waals surface area contributed by atoms with E-state index in [-0.39, 0.29) is 24.9 Å². The molecule has 10 heteroatoms. The summed E-state index contributed by atoms with van der Waals surface area (Å²) in [4.78, 5) is 49.2. The van der Waals surface area contributed by atoms with E-state index < -0.39 is 30.4 Å². The number of imide groups is 1. The summed E-state index contributed by atoms with van der Waals surface area (Å²) >= 11 is 0. The van der Waals surface area contributed by atoms with E-state index in [0.717, 1.165) is 0 Å². The third-order valence-corrected chi connectivity index (χ3v) is 4.15. The van der Waals surface area contributed by atoms with Gasteiger partial charge in [-0.2, -0.15) is 0 Å². The molecular formula is C19H25N3O7. The number of rotatable bonds is 7. The molecule has 1 aromatic carbocycles. The topological polar surface area (TPSA) is 123 Å². The zero-order valence-electron chi connectivity index (χ0n) is 16.8. The summed E-state index contributed by atoms with van der Waals surface area (Å²) in [5.74, 6) is -1.44. The molecular weight excluding hydrogens is 382 g/mol. The van der Waals surface area contributed by atoms with E-state index >= 15 is 0 Å². The van der Waals surface area contributed by atoms with Gasteiger partial charge < -0.3 is 24.4 Å². The molecule has 0 aromatic heterocycles. The number of nitrogens with one attached hydrogen (secondary N) is 2. The Kier molecular flexibility index (Phi) is 7.40. The van der Waals surface area contributed by atoms with Crippen molar-refractivity contribution in [2.45, 2.75) is 26.3 Å². The molecule has 1 aliphatic heterocycles. The first-order valence-electron chi connectivity index (χ1n) is 9.04. The molecule has 0 unspecified atom stereocenters. The zero-order chi connectivity index (χ0) is 21.6. The van der Waals surface area contributed by atoms with Crippen molar-refractivity contribution < 1.29 is 33.4 Å². The van der Waals surface area contributed by atoms with Gasteiger partial charge in [0.1, 0.15) is 11.5 Å². The minimum absolute atomic E-state index is 0.0521. The lowest BCUT2D eigenvalue weighted by Gasteiger charge is -2.20. The van der Waals surface area contributed by atoms with Crippen molar-refractivity contribution in [2.75, 3.05) is 32.3 Å². The SMILES string of the molecule is COc1ccc(N2C[C@H](C(=O)OCC(=O)NC(=O)NC(C)C)CC2=O)c(OC)c1. The number of amides is 4. The van der Waals surface area contributed by atoms with Crippen molar-refractivity contribution in [3.8, 4) is 11.5 Å². The maximum absolute atomic E-state index is 12.4. The van der Waals surface area contributed by atoms with Gasteiger partial charge in [-0.15, -0.1) is 0 Å². The van der Waals surface area contributed by atoms with Gasteiger partial charge in [0.2, 0.25) is 5.91 Å². The molecule has 4 amide bonds. The number of hydrogen-bond donors (Lipinski definition) is 2. The highest BCUT2D eigenvalue weighted by Gasteiger charge is 2.37. The molecule has 1 fully saturated rings. The van der Waals surface area contributed by atoms with Gasteiger partial charge in [0, 0.05) is 25.1 Å². The highest BCUT2D eigenvalue weighted by atomic mass is 16.5. The van der Waals surface area contributed by atoms with E-state index in [1.54, 1.807) is 32.0 Å². The number of methoxy groups -OCH3 is 2. The molecule has 0 saturated carbocycles. The van der Waals surface area contributed by atoms with Crippen LogP contribution in [0.2, 0.25) is 0 Å². The molecule has 10 nitrogen and oxygen atoms in total. The standard InChI is InChI=1S/C19H25N3O7/c1-11(2)20-19(26)21-16(23)10-29-18(25)12-7-17(24)22(9-12)14-6-5-13(27-3)8-15(14)28-4/h5-6,8,11-12H,7,9-10H2,1-4H3,(H2,20,21,23,26)/t12-/m1/s1. The van der Waals surface area contributed by atoms with E-state index in [9.17, 15) is 19.2 Å². The normalized spacial score (nSPS) is 15.8. The first-order valence-corrected chi connectivity index (χ1v) is 9.04. The van der Waals surface area contributed by atoms with E-state index in [1.165, 1.54) is 19.1 Å². The first-order chi connectivity index (χ1) is 13.7. The van der Waals surface area contributed by atoms with Gasteiger partial charge in [0.15, 0.2) is 6.61 Å². The number of nitrogens with zero attached hydrogens (tertiary/aromatic N) is 1. The van der Waals surface area contributed by atoms with Gasteiger partial charge >= 0.3 is 12.0 Å². The largest absolute Gasteiger partial charge is 0.497 e. The van der Waals surface area contributed by atoms with Crippen molar-refractivity contribution in [2.24, 2.45) is 5.92 Å². The van der Waals surface area contributed by atoms with Crippen LogP contribution in [0.5, 0.6) is 11.5 Å². The van der Waals surface area contributed by atoms with E-state index in [1.807, 2.05) is 0 Å². The Morgan fingerprint density at radius 3 is 2.55 bits per heavy atom. The third-order valence-electron chi connectivity index (χ3n) is 4.15. The minimum Gasteiger partial charge on any atom is -0.497 e. The predicted molar refractivity (Wildman–Crippen MR) is 103 cm³/mol. The van der Waals surface area contributed by atoms with Crippen molar-refractivity contribution in [1.82, 2.24) is 10.6 Å². The number of esters is 1. The average Bonchev–Trinajstić information content (AvgIpc) is 3.06. The minimum atomic E-state index is -0.755. The molecule has 2 rings (SSSR count). The predicted octanol–water partition coefficient (Wildman–Crippen LogP) is 0.834. The van der Waals surface area contributed by atoms with Crippen molar-refractivity contribution in [1.29, 1.82) is 0 Å². The van der Waals surface area contributed by atoms with Crippen LogP contribution in [0.3, 0.4) is 0 Å². The van der Waals surface area contributed by atoms with Crippen LogP contribution in [0.1, 0.15) is 20.3 Å². The second-order valence-electron chi connectivity index (χ2n) is 6.73. The summed E-state index contributed by atoms with van der Waals surface area (Å²) in [6.45, 7) is 2.96. The van der Waals surface area contributed by atoms with Gasteiger partial charge in [0.05, 0.1) is 25.8 Å². The van der Waals surface area contributed by atoms with E-state index in [4.69, 9.17) is 14.2 Å². The first kappa shape index (κ1) is 22.0. The fourth-order valence-electron chi connectivity index (χ4n) is 2.82. The van der Waals surface area contributed by atoms with Gasteiger partial charge in [-0.25, -0.2) is 4.79 Å². The number of anilines is 1. The maximum atomic E-state index is 12.4. The summed E-state index contributed by atoms with van der Waals surface area (Å²) in [6.07, 6.45) is -0.0521. The summed E-state index contributed by atoms with van der Waals surface area (Å²) in [7, 11) is 2.99. The smallest absolute Gasteiger partial charge is 0.321 e. The Hall–Kier alpha value is -3.30.